The largest absolute Gasteiger partial charge is 0.434 e. The molecule has 0 radical (unpaired) electrons. The number of guanidine groups is 1. The Hall–Kier alpha value is -2.29. The van der Waals surface area contributed by atoms with E-state index in [4.69, 9.17) is 0 Å². The molecule has 2 heterocycles. The lowest BCUT2D eigenvalue weighted by Gasteiger charge is -2.20. The maximum Gasteiger partial charge on any atom is 0.434 e. The SMILES string of the molecule is CN=C(NCc1nc(C(F)(F)F)cs1)NC1CCN(c2ccccc2)C1. The van der Waals surface area contributed by atoms with E-state index in [1.807, 2.05) is 18.2 Å². The van der Waals surface area contributed by atoms with Crippen molar-refractivity contribution in [2.45, 2.75) is 25.2 Å². The fourth-order valence-electron chi connectivity index (χ4n) is 2.82. The third-order valence-electron chi connectivity index (χ3n) is 4.12. The van der Waals surface area contributed by atoms with Crippen molar-refractivity contribution in [3.8, 4) is 0 Å². The van der Waals surface area contributed by atoms with Gasteiger partial charge in [0, 0.05) is 37.2 Å². The first-order valence-corrected chi connectivity index (χ1v) is 9.12. The standard InChI is InChI=1S/C17H20F3N5S/c1-21-16(22-9-15-24-14(11-26-15)17(18,19)20)23-12-7-8-25(10-12)13-5-3-2-4-6-13/h2-6,11-12H,7-10H2,1H3,(H2,21,22,23). The summed E-state index contributed by atoms with van der Waals surface area (Å²) < 4.78 is 37.8. The Kier molecular flexibility index (Phi) is 5.65. The van der Waals surface area contributed by atoms with Gasteiger partial charge in [0.05, 0.1) is 6.54 Å². The van der Waals surface area contributed by atoms with Crippen LogP contribution in [0.15, 0.2) is 40.7 Å². The summed E-state index contributed by atoms with van der Waals surface area (Å²) in [5.74, 6) is 0.564. The van der Waals surface area contributed by atoms with Gasteiger partial charge in [-0.05, 0) is 18.6 Å². The van der Waals surface area contributed by atoms with Crippen LogP contribution >= 0.6 is 11.3 Å². The monoisotopic (exact) mass is 383 g/mol. The number of benzene rings is 1. The molecular weight excluding hydrogens is 363 g/mol. The predicted molar refractivity (Wildman–Crippen MR) is 97.5 cm³/mol. The molecule has 1 saturated heterocycles. The summed E-state index contributed by atoms with van der Waals surface area (Å²) in [6.45, 7) is 2.00. The lowest BCUT2D eigenvalue weighted by molar-refractivity contribution is -0.140. The van der Waals surface area contributed by atoms with Crippen LogP contribution in [0.4, 0.5) is 18.9 Å². The number of hydrogen-bond acceptors (Lipinski definition) is 4. The normalized spacial score (nSPS) is 18.2. The van der Waals surface area contributed by atoms with Crippen LogP contribution in [-0.2, 0) is 12.7 Å². The number of nitrogens with one attached hydrogen (secondary N) is 2. The molecule has 0 amide bonds. The number of halogens is 3. The molecule has 1 aromatic carbocycles. The van der Waals surface area contributed by atoms with Crippen molar-refractivity contribution in [2.24, 2.45) is 4.99 Å². The molecule has 0 saturated carbocycles. The van der Waals surface area contributed by atoms with Gasteiger partial charge in [-0.25, -0.2) is 4.98 Å². The maximum atomic E-state index is 12.6. The second-order valence-electron chi connectivity index (χ2n) is 5.96. The summed E-state index contributed by atoms with van der Waals surface area (Å²) >= 11 is 0.985. The smallest absolute Gasteiger partial charge is 0.369 e. The summed E-state index contributed by atoms with van der Waals surface area (Å²) in [5, 5.41) is 7.76. The van der Waals surface area contributed by atoms with E-state index in [0.717, 1.165) is 36.2 Å². The zero-order valence-corrected chi connectivity index (χ0v) is 15.1. The molecule has 2 aromatic rings. The number of nitrogens with zero attached hydrogens (tertiary/aromatic N) is 3. The number of aromatic nitrogens is 1. The lowest BCUT2D eigenvalue weighted by atomic mass is 10.3. The van der Waals surface area contributed by atoms with Gasteiger partial charge in [-0.15, -0.1) is 11.3 Å². The predicted octanol–water partition coefficient (Wildman–Crippen LogP) is 3.11. The van der Waals surface area contributed by atoms with Crippen LogP contribution in [0, 0.1) is 0 Å². The Morgan fingerprint density at radius 2 is 2.12 bits per heavy atom. The molecule has 1 fully saturated rings. The number of rotatable bonds is 4. The van der Waals surface area contributed by atoms with Crippen molar-refractivity contribution in [1.29, 1.82) is 0 Å². The molecule has 3 rings (SSSR count). The quantitative estimate of drug-likeness (QED) is 0.629. The topological polar surface area (TPSA) is 52.6 Å². The van der Waals surface area contributed by atoms with Crippen LogP contribution in [0.1, 0.15) is 17.1 Å². The van der Waals surface area contributed by atoms with E-state index in [0.29, 0.717) is 11.0 Å². The first-order valence-electron chi connectivity index (χ1n) is 8.24. The Labute approximate surface area is 154 Å². The minimum atomic E-state index is -4.40. The van der Waals surface area contributed by atoms with E-state index in [2.05, 4.69) is 37.6 Å². The molecule has 1 unspecified atom stereocenters. The summed E-state index contributed by atoms with van der Waals surface area (Å²) in [5.41, 5.74) is 0.332. The van der Waals surface area contributed by atoms with Crippen LogP contribution in [0.3, 0.4) is 0 Å². The summed E-state index contributed by atoms with van der Waals surface area (Å²) in [7, 11) is 1.64. The van der Waals surface area contributed by atoms with Crippen molar-refractivity contribution in [2.75, 3.05) is 25.0 Å². The molecule has 1 aromatic heterocycles. The Bertz CT molecular complexity index is 744. The van der Waals surface area contributed by atoms with Gasteiger partial charge in [0.2, 0.25) is 0 Å². The van der Waals surface area contributed by atoms with Crippen molar-refractivity contribution >= 4 is 23.0 Å². The molecule has 1 atom stereocenters. The van der Waals surface area contributed by atoms with E-state index in [9.17, 15) is 13.2 Å². The minimum Gasteiger partial charge on any atom is -0.369 e. The van der Waals surface area contributed by atoms with Gasteiger partial charge < -0.3 is 15.5 Å². The molecule has 0 spiro atoms. The average Bonchev–Trinajstić information content (AvgIpc) is 3.28. The molecule has 140 valence electrons. The molecule has 2 N–H and O–H groups in total. The molecule has 26 heavy (non-hydrogen) atoms. The van der Waals surface area contributed by atoms with E-state index in [1.54, 1.807) is 7.05 Å². The maximum absolute atomic E-state index is 12.6. The van der Waals surface area contributed by atoms with Gasteiger partial charge in [0.1, 0.15) is 5.01 Å². The van der Waals surface area contributed by atoms with Gasteiger partial charge in [-0.3, -0.25) is 4.99 Å². The lowest BCUT2D eigenvalue weighted by Crippen LogP contribution is -2.44. The highest BCUT2D eigenvalue weighted by atomic mass is 32.1. The van der Waals surface area contributed by atoms with Crippen molar-refractivity contribution in [1.82, 2.24) is 15.6 Å². The second-order valence-corrected chi connectivity index (χ2v) is 6.90. The second kappa shape index (κ2) is 7.94. The van der Waals surface area contributed by atoms with Crippen molar-refractivity contribution in [3.63, 3.8) is 0 Å². The Morgan fingerprint density at radius 1 is 1.35 bits per heavy atom. The number of thiazole rings is 1. The first-order chi connectivity index (χ1) is 12.5. The first kappa shape index (κ1) is 18.5. The molecule has 0 bridgehead atoms. The van der Waals surface area contributed by atoms with Crippen LogP contribution < -0.4 is 15.5 Å². The third kappa shape index (κ3) is 4.66. The van der Waals surface area contributed by atoms with Crippen LogP contribution in [0.5, 0.6) is 0 Å². The van der Waals surface area contributed by atoms with Crippen LogP contribution in [-0.4, -0.2) is 37.1 Å². The van der Waals surface area contributed by atoms with Crippen molar-refractivity contribution in [3.05, 3.63) is 46.4 Å². The highest BCUT2D eigenvalue weighted by molar-refractivity contribution is 7.09. The number of hydrogen-bond donors (Lipinski definition) is 2. The fourth-order valence-corrected chi connectivity index (χ4v) is 3.56. The summed E-state index contributed by atoms with van der Waals surface area (Å²) in [6.07, 6.45) is -3.44. The van der Waals surface area contributed by atoms with Gasteiger partial charge in [-0.1, -0.05) is 18.2 Å². The van der Waals surface area contributed by atoms with Gasteiger partial charge in [-0.2, -0.15) is 13.2 Å². The van der Waals surface area contributed by atoms with Crippen LogP contribution in [0.25, 0.3) is 0 Å². The molecule has 1 aliphatic heterocycles. The minimum absolute atomic E-state index is 0.204. The van der Waals surface area contributed by atoms with E-state index >= 15 is 0 Å². The molecular formula is C17H20F3N5S. The van der Waals surface area contributed by atoms with Crippen LogP contribution in [0.2, 0.25) is 0 Å². The number of aliphatic imine (C=N–C) groups is 1. The molecule has 1 aliphatic rings. The molecule has 9 heteroatoms. The van der Waals surface area contributed by atoms with Gasteiger partial charge in [0.25, 0.3) is 0 Å². The highest BCUT2D eigenvalue weighted by Crippen LogP contribution is 2.29. The number of para-hydroxylation sites is 1. The van der Waals surface area contributed by atoms with Gasteiger partial charge in [0.15, 0.2) is 11.7 Å². The zero-order chi connectivity index (χ0) is 18.6. The van der Waals surface area contributed by atoms with Gasteiger partial charge >= 0.3 is 6.18 Å². The Morgan fingerprint density at radius 3 is 2.77 bits per heavy atom. The zero-order valence-electron chi connectivity index (χ0n) is 14.3. The average molecular weight is 383 g/mol. The van der Waals surface area contributed by atoms with E-state index in [1.165, 1.54) is 5.69 Å². The number of alkyl halides is 3. The van der Waals surface area contributed by atoms with E-state index in [-0.39, 0.29) is 12.6 Å². The fraction of sp³-hybridized carbons (Fsp3) is 0.412. The molecule has 0 aliphatic carbocycles. The highest BCUT2D eigenvalue weighted by Gasteiger charge is 2.33. The Balaban J connectivity index is 1.50. The van der Waals surface area contributed by atoms with Crippen molar-refractivity contribution < 1.29 is 13.2 Å². The number of anilines is 1. The van der Waals surface area contributed by atoms with E-state index < -0.39 is 11.9 Å². The summed E-state index contributed by atoms with van der Waals surface area (Å²) in [4.78, 5) is 10.1. The third-order valence-corrected chi connectivity index (χ3v) is 4.97. The summed E-state index contributed by atoms with van der Waals surface area (Å²) in [6, 6.07) is 10.4. The molecule has 5 nitrogen and oxygen atoms in total.